The van der Waals surface area contributed by atoms with Gasteiger partial charge in [0.15, 0.2) is 12.4 Å². The van der Waals surface area contributed by atoms with Gasteiger partial charge in [-0.1, -0.05) is 90.6 Å². The number of thioether (sulfide) groups is 1. The molecule has 3 aromatic rings. The number of hydrogen-bond donors (Lipinski definition) is 0. The summed E-state index contributed by atoms with van der Waals surface area (Å²) in [6, 6.07) is 29.6. The molecule has 3 aromatic carbocycles. The van der Waals surface area contributed by atoms with Crippen LogP contribution in [0.4, 0.5) is 4.79 Å². The smallest absolute Gasteiger partial charge is 0.411 e. The van der Waals surface area contributed by atoms with Crippen LogP contribution in [0.25, 0.3) is 0 Å². The van der Waals surface area contributed by atoms with Crippen molar-refractivity contribution in [3.05, 3.63) is 102 Å². The van der Waals surface area contributed by atoms with Gasteiger partial charge in [-0.3, -0.25) is 4.90 Å². The predicted octanol–water partition coefficient (Wildman–Crippen LogP) is 5.01. The molecular weight excluding hydrogens is 450 g/mol. The highest BCUT2D eigenvalue weighted by Crippen LogP contribution is 2.44. The highest BCUT2D eigenvalue weighted by atomic mass is 32.2. The van der Waals surface area contributed by atoms with Crippen LogP contribution in [0.3, 0.4) is 0 Å². The lowest BCUT2D eigenvalue weighted by atomic mass is 9.96. The Labute approximate surface area is 202 Å². The Balaban J connectivity index is 1.30. The minimum atomic E-state index is -0.521. The molecule has 6 nitrogen and oxygen atoms in total. The number of fused-ring (bicyclic) bond motifs is 3. The van der Waals surface area contributed by atoms with Gasteiger partial charge in [-0.25, -0.2) is 4.79 Å². The topological polar surface area (TPSA) is 57.2 Å². The third-order valence-electron chi connectivity index (χ3n) is 6.40. The van der Waals surface area contributed by atoms with E-state index in [-0.39, 0.29) is 23.7 Å². The van der Waals surface area contributed by atoms with Gasteiger partial charge in [0.25, 0.3) is 0 Å². The molecule has 3 aliphatic rings. The molecule has 1 amide bonds. The van der Waals surface area contributed by atoms with Gasteiger partial charge in [0.1, 0.15) is 23.7 Å². The average molecular weight is 476 g/mol. The predicted molar refractivity (Wildman–Crippen MR) is 127 cm³/mol. The van der Waals surface area contributed by atoms with Crippen molar-refractivity contribution in [3.63, 3.8) is 0 Å². The Morgan fingerprint density at radius 1 is 0.824 bits per heavy atom. The quantitative estimate of drug-likeness (QED) is 0.517. The van der Waals surface area contributed by atoms with Gasteiger partial charge < -0.3 is 18.9 Å². The Hall–Kier alpha value is -2.84. The van der Waals surface area contributed by atoms with Crippen LogP contribution in [0.2, 0.25) is 0 Å². The Bertz CT molecular complexity index is 1120. The highest BCUT2D eigenvalue weighted by Gasteiger charge is 2.58. The number of amides is 1. The summed E-state index contributed by atoms with van der Waals surface area (Å²) in [6.45, 7) is 0.821. The highest BCUT2D eigenvalue weighted by molar-refractivity contribution is 7.99. The largest absolute Gasteiger partial charge is 0.441 e. The summed E-state index contributed by atoms with van der Waals surface area (Å²) in [5.74, 6) is 0. The molecule has 6 rings (SSSR count). The molecule has 0 bridgehead atoms. The van der Waals surface area contributed by atoms with Crippen molar-refractivity contribution in [2.45, 2.75) is 47.5 Å². The maximum atomic E-state index is 13.1. The van der Waals surface area contributed by atoms with E-state index in [9.17, 15) is 4.79 Å². The minimum absolute atomic E-state index is 0.298. The van der Waals surface area contributed by atoms with Gasteiger partial charge in [0, 0.05) is 17.0 Å². The van der Waals surface area contributed by atoms with E-state index in [1.807, 2.05) is 91.0 Å². The molecule has 3 saturated heterocycles. The number of ether oxygens (including phenoxy) is 4. The summed E-state index contributed by atoms with van der Waals surface area (Å²) in [7, 11) is 0. The van der Waals surface area contributed by atoms with E-state index < -0.39 is 18.5 Å². The monoisotopic (exact) mass is 475 g/mol. The molecule has 3 aliphatic heterocycles. The normalized spacial score (nSPS) is 30.4. The van der Waals surface area contributed by atoms with Crippen LogP contribution in [0, 0.1) is 0 Å². The van der Waals surface area contributed by atoms with Crippen molar-refractivity contribution < 1.29 is 23.7 Å². The third-order valence-corrected chi connectivity index (χ3v) is 7.57. The Morgan fingerprint density at radius 2 is 1.50 bits per heavy atom. The zero-order valence-corrected chi connectivity index (χ0v) is 19.3. The minimum Gasteiger partial charge on any atom is -0.441 e. The first kappa shape index (κ1) is 21.7. The fourth-order valence-electron chi connectivity index (χ4n) is 4.79. The number of nitrogens with zero attached hydrogens (tertiary/aromatic N) is 1. The van der Waals surface area contributed by atoms with Gasteiger partial charge >= 0.3 is 6.09 Å². The zero-order valence-electron chi connectivity index (χ0n) is 18.4. The van der Waals surface area contributed by atoms with Crippen molar-refractivity contribution in [2.24, 2.45) is 0 Å². The lowest BCUT2D eigenvalue weighted by molar-refractivity contribution is -0.303. The van der Waals surface area contributed by atoms with Crippen LogP contribution in [0.1, 0.15) is 17.4 Å². The summed E-state index contributed by atoms with van der Waals surface area (Å²) in [5, 5.41) is 0. The molecule has 6 atom stereocenters. The number of carbonyl (C=O) groups excluding carboxylic acids is 1. The lowest BCUT2D eigenvalue weighted by Gasteiger charge is -2.47. The van der Waals surface area contributed by atoms with E-state index in [1.165, 1.54) is 0 Å². The SMILES string of the molecule is O=C1O[C@H]2[C@@H]3OC(c4ccccc4)OC[C@H]3O[C@@H](Sc3ccccc3)[C@@H]2N1Cc1ccccc1. The molecular formula is C27H25NO5S. The lowest BCUT2D eigenvalue weighted by Crippen LogP contribution is -2.62. The van der Waals surface area contributed by atoms with E-state index in [2.05, 4.69) is 0 Å². The molecule has 0 aromatic heterocycles. The van der Waals surface area contributed by atoms with E-state index in [4.69, 9.17) is 18.9 Å². The van der Waals surface area contributed by atoms with Crippen LogP contribution < -0.4 is 0 Å². The van der Waals surface area contributed by atoms with Gasteiger partial charge in [-0.05, 0) is 17.7 Å². The second kappa shape index (κ2) is 9.43. The van der Waals surface area contributed by atoms with E-state index >= 15 is 0 Å². The standard InChI is InChI=1S/C27H25NO5S/c29-27-28(16-18-10-4-1-5-11-18)22-24(33-27)23-21(31-26(22)34-20-14-8-3-9-15-20)17-30-25(32-23)19-12-6-2-7-13-19/h1-15,21-26H,16-17H2/t21-,22-,23-,24-,25?,26+/m1/s1. The van der Waals surface area contributed by atoms with Crippen molar-refractivity contribution in [1.82, 2.24) is 4.90 Å². The third kappa shape index (κ3) is 4.20. The molecule has 0 saturated carbocycles. The van der Waals surface area contributed by atoms with E-state index in [1.54, 1.807) is 16.7 Å². The summed E-state index contributed by atoms with van der Waals surface area (Å²) in [4.78, 5) is 16.0. The van der Waals surface area contributed by atoms with Crippen molar-refractivity contribution in [2.75, 3.05) is 6.61 Å². The van der Waals surface area contributed by atoms with Gasteiger partial charge in [0.05, 0.1) is 6.61 Å². The molecule has 1 unspecified atom stereocenters. The van der Waals surface area contributed by atoms with Gasteiger partial charge in [-0.2, -0.15) is 0 Å². The van der Waals surface area contributed by atoms with Gasteiger partial charge in [-0.15, -0.1) is 0 Å². The van der Waals surface area contributed by atoms with Crippen molar-refractivity contribution >= 4 is 17.9 Å². The zero-order chi connectivity index (χ0) is 22.9. The molecule has 3 fully saturated rings. The van der Waals surface area contributed by atoms with Crippen LogP contribution in [0.5, 0.6) is 0 Å². The fraction of sp³-hybridized carbons (Fsp3) is 0.296. The van der Waals surface area contributed by atoms with E-state index in [0.717, 1.165) is 16.0 Å². The Kier molecular flexibility index (Phi) is 6.01. The molecule has 0 aliphatic carbocycles. The first-order valence-corrected chi connectivity index (χ1v) is 12.3. The second-order valence-electron chi connectivity index (χ2n) is 8.60. The molecule has 0 radical (unpaired) electrons. The van der Waals surface area contributed by atoms with Crippen LogP contribution >= 0.6 is 11.8 Å². The number of hydrogen-bond acceptors (Lipinski definition) is 6. The van der Waals surface area contributed by atoms with Gasteiger partial charge in [0.2, 0.25) is 0 Å². The fourth-order valence-corrected chi connectivity index (χ4v) is 6.01. The number of carbonyl (C=O) groups is 1. The van der Waals surface area contributed by atoms with Crippen LogP contribution in [0.15, 0.2) is 95.9 Å². The van der Waals surface area contributed by atoms with Crippen molar-refractivity contribution in [1.29, 1.82) is 0 Å². The number of benzene rings is 3. The molecule has 174 valence electrons. The van der Waals surface area contributed by atoms with Crippen LogP contribution in [-0.4, -0.2) is 47.4 Å². The first-order valence-electron chi connectivity index (χ1n) is 11.5. The summed E-state index contributed by atoms with van der Waals surface area (Å²) < 4.78 is 24.9. The van der Waals surface area contributed by atoms with Crippen molar-refractivity contribution in [3.8, 4) is 0 Å². The molecule has 3 heterocycles. The second-order valence-corrected chi connectivity index (χ2v) is 9.77. The molecule has 0 spiro atoms. The summed E-state index contributed by atoms with van der Waals surface area (Å²) in [6.07, 6.45) is -2.06. The summed E-state index contributed by atoms with van der Waals surface area (Å²) >= 11 is 1.60. The molecule has 0 N–H and O–H groups in total. The molecule has 34 heavy (non-hydrogen) atoms. The van der Waals surface area contributed by atoms with Crippen LogP contribution in [-0.2, 0) is 25.5 Å². The number of rotatable bonds is 5. The maximum absolute atomic E-state index is 13.1. The maximum Gasteiger partial charge on any atom is 0.411 e. The Morgan fingerprint density at radius 3 is 2.24 bits per heavy atom. The first-order chi connectivity index (χ1) is 16.8. The van der Waals surface area contributed by atoms with E-state index in [0.29, 0.717) is 13.2 Å². The summed E-state index contributed by atoms with van der Waals surface area (Å²) in [5.41, 5.74) is 1.66. The average Bonchev–Trinajstić information content (AvgIpc) is 3.22. The molecule has 7 heteroatoms.